The van der Waals surface area contributed by atoms with Gasteiger partial charge in [-0.15, -0.1) is 0 Å². The molecule has 0 amide bonds. The van der Waals surface area contributed by atoms with E-state index < -0.39 is 0 Å². The van der Waals surface area contributed by atoms with Crippen LogP contribution in [0, 0.1) is 0 Å². The summed E-state index contributed by atoms with van der Waals surface area (Å²) in [5.74, 6) is 0.464. The first-order chi connectivity index (χ1) is 7.20. The molecule has 0 aromatic carbocycles. The molecule has 7 heteroatoms. The number of hydrogen-bond donors (Lipinski definition) is 3. The Balaban J connectivity index is 2.53. The Bertz CT molecular complexity index is 535. The molecule has 0 unspecified atom stereocenters. The van der Waals surface area contributed by atoms with E-state index in [0.717, 1.165) is 4.47 Å². The van der Waals surface area contributed by atoms with Crippen LogP contribution in [0.3, 0.4) is 0 Å². The summed E-state index contributed by atoms with van der Waals surface area (Å²) in [5, 5.41) is 6.55. The Morgan fingerprint density at radius 1 is 1.47 bits per heavy atom. The second-order valence-corrected chi connectivity index (χ2v) is 3.93. The van der Waals surface area contributed by atoms with Gasteiger partial charge < -0.3 is 4.98 Å². The highest BCUT2D eigenvalue weighted by molar-refractivity contribution is 9.10. The lowest BCUT2D eigenvalue weighted by Gasteiger charge is -1.96. The van der Waals surface area contributed by atoms with Crippen molar-refractivity contribution >= 4 is 33.5 Å². The van der Waals surface area contributed by atoms with Gasteiger partial charge in [0.2, 0.25) is 0 Å². The lowest BCUT2D eigenvalue weighted by molar-refractivity contribution is 1.09. The van der Waals surface area contributed by atoms with Crippen molar-refractivity contribution in [1.29, 1.82) is 0 Å². The van der Waals surface area contributed by atoms with Gasteiger partial charge >= 0.3 is 0 Å². The molecule has 0 saturated carbocycles. The molecule has 2 rings (SSSR count). The maximum absolute atomic E-state index is 11.5. The predicted molar refractivity (Wildman–Crippen MR) is 61.8 cm³/mol. The van der Waals surface area contributed by atoms with E-state index in [1.165, 1.54) is 0 Å². The minimum Gasteiger partial charge on any atom is -0.327 e. The zero-order chi connectivity index (χ0) is 10.8. The predicted octanol–water partition coefficient (Wildman–Crippen LogP) is 2.09. The summed E-state index contributed by atoms with van der Waals surface area (Å²) >= 11 is 8.64. The number of nitrogens with one attached hydrogen (secondary N) is 3. The molecule has 0 atom stereocenters. The summed E-state index contributed by atoms with van der Waals surface area (Å²) < 4.78 is 0.784. The van der Waals surface area contributed by atoms with Crippen LogP contribution in [0.5, 0.6) is 0 Å². The number of aromatic amines is 2. The van der Waals surface area contributed by atoms with Crippen molar-refractivity contribution in [3.63, 3.8) is 0 Å². The van der Waals surface area contributed by atoms with Crippen LogP contribution in [-0.2, 0) is 0 Å². The van der Waals surface area contributed by atoms with E-state index >= 15 is 0 Å². The van der Waals surface area contributed by atoms with Crippen LogP contribution in [-0.4, -0.2) is 15.2 Å². The number of H-pyrrole nitrogens is 2. The first-order valence-corrected chi connectivity index (χ1v) is 5.18. The van der Waals surface area contributed by atoms with Gasteiger partial charge in [0.15, 0.2) is 5.82 Å². The number of anilines is 1. The van der Waals surface area contributed by atoms with E-state index in [0.29, 0.717) is 17.1 Å². The zero-order valence-electron chi connectivity index (χ0n) is 7.34. The van der Waals surface area contributed by atoms with Crippen molar-refractivity contribution in [3.8, 4) is 11.3 Å². The molecule has 0 aliphatic heterocycles. The van der Waals surface area contributed by atoms with Crippen molar-refractivity contribution < 1.29 is 0 Å². The monoisotopic (exact) mass is 288 g/mol. The summed E-state index contributed by atoms with van der Waals surface area (Å²) in [7, 11) is 0. The highest BCUT2D eigenvalue weighted by atomic mass is 79.9. The largest absolute Gasteiger partial charge is 0.327 e. The van der Waals surface area contributed by atoms with E-state index in [2.05, 4.69) is 35.9 Å². The Morgan fingerprint density at radius 2 is 2.27 bits per heavy atom. The summed E-state index contributed by atoms with van der Waals surface area (Å²) in [6, 6.07) is 3.34. The third-order valence-electron chi connectivity index (χ3n) is 1.83. The van der Waals surface area contributed by atoms with Crippen LogP contribution in [0.2, 0.25) is 0 Å². The Hall–Kier alpha value is -1.27. The molecule has 3 N–H and O–H groups in total. The fraction of sp³-hybridized carbons (Fsp3) is 0. The van der Waals surface area contributed by atoms with Crippen molar-refractivity contribution in [3.05, 3.63) is 33.2 Å². The van der Waals surface area contributed by atoms with Crippen LogP contribution in [0.4, 0.5) is 5.82 Å². The molecule has 0 fully saturated rings. The summed E-state index contributed by atoms with van der Waals surface area (Å²) in [5.41, 5.74) is 0.902. The maximum atomic E-state index is 11.5. The topological polar surface area (TPSA) is 73.6 Å². The van der Waals surface area contributed by atoms with Crippen LogP contribution >= 0.6 is 27.7 Å². The third kappa shape index (κ3) is 2.05. The smallest absolute Gasteiger partial charge is 0.257 e. The normalized spacial score (nSPS) is 10.3. The summed E-state index contributed by atoms with van der Waals surface area (Å²) in [6.45, 7) is 0. The van der Waals surface area contributed by atoms with Gasteiger partial charge in [-0.25, -0.2) is 0 Å². The molecule has 0 radical (unpaired) electrons. The SMILES string of the molecule is O=c1[nH]cc(Br)cc1-c1cc(NCl)n[nH]1. The number of pyridine rings is 1. The summed E-state index contributed by atoms with van der Waals surface area (Å²) in [6.07, 6.45) is 1.57. The molecule has 0 aliphatic carbocycles. The quantitative estimate of drug-likeness (QED) is 0.741. The van der Waals surface area contributed by atoms with Crippen molar-refractivity contribution in [2.75, 3.05) is 4.84 Å². The number of hydrogen-bond acceptors (Lipinski definition) is 3. The molecule has 0 spiro atoms. The van der Waals surface area contributed by atoms with Gasteiger partial charge in [0.05, 0.1) is 11.3 Å². The van der Waals surface area contributed by atoms with Gasteiger partial charge in [0.1, 0.15) is 0 Å². The lowest BCUT2D eigenvalue weighted by Crippen LogP contribution is -2.07. The zero-order valence-corrected chi connectivity index (χ0v) is 9.69. The van der Waals surface area contributed by atoms with Crippen LogP contribution in [0.15, 0.2) is 27.6 Å². The van der Waals surface area contributed by atoms with Crippen molar-refractivity contribution in [1.82, 2.24) is 15.2 Å². The Kier molecular flexibility index (Phi) is 2.79. The first-order valence-electron chi connectivity index (χ1n) is 4.01. The van der Waals surface area contributed by atoms with E-state index in [-0.39, 0.29) is 5.56 Å². The van der Waals surface area contributed by atoms with E-state index in [4.69, 9.17) is 11.8 Å². The fourth-order valence-electron chi connectivity index (χ4n) is 1.17. The van der Waals surface area contributed by atoms with Gasteiger partial charge in [-0.3, -0.25) is 14.7 Å². The molecular weight excluding hydrogens is 283 g/mol. The number of aromatic nitrogens is 3. The first kappa shape index (κ1) is 10.3. The molecular formula is C8H6BrClN4O. The second kappa shape index (κ2) is 4.08. The number of nitrogens with zero attached hydrogens (tertiary/aromatic N) is 1. The molecule has 0 aliphatic rings. The van der Waals surface area contributed by atoms with Crippen LogP contribution < -0.4 is 10.4 Å². The molecule has 2 aromatic rings. The average molecular weight is 290 g/mol. The second-order valence-electron chi connectivity index (χ2n) is 2.82. The fourth-order valence-corrected chi connectivity index (χ4v) is 1.61. The molecule has 5 nitrogen and oxygen atoms in total. The maximum Gasteiger partial charge on any atom is 0.257 e. The van der Waals surface area contributed by atoms with E-state index in [9.17, 15) is 4.79 Å². The Labute approximate surface area is 98.1 Å². The highest BCUT2D eigenvalue weighted by Crippen LogP contribution is 2.19. The van der Waals surface area contributed by atoms with Gasteiger partial charge in [-0.2, -0.15) is 5.10 Å². The molecule has 2 heterocycles. The molecule has 78 valence electrons. The van der Waals surface area contributed by atoms with Gasteiger partial charge in [-0.05, 0) is 22.0 Å². The standard InChI is InChI=1S/C8H6BrClN4O/c9-4-1-5(8(15)11-3-4)6-2-7(12-10)14-13-6/h1-3H,(H,11,15)(H2,12,13,14). The highest BCUT2D eigenvalue weighted by Gasteiger charge is 2.07. The van der Waals surface area contributed by atoms with E-state index in [1.807, 2.05) is 0 Å². The van der Waals surface area contributed by atoms with Crippen molar-refractivity contribution in [2.24, 2.45) is 0 Å². The molecule has 15 heavy (non-hydrogen) atoms. The summed E-state index contributed by atoms with van der Waals surface area (Å²) in [4.78, 5) is 16.4. The number of halogens is 2. The van der Waals surface area contributed by atoms with Gasteiger partial charge in [0.25, 0.3) is 5.56 Å². The van der Waals surface area contributed by atoms with Crippen molar-refractivity contribution in [2.45, 2.75) is 0 Å². The molecule has 0 bridgehead atoms. The molecule has 0 saturated heterocycles. The minimum atomic E-state index is -0.192. The van der Waals surface area contributed by atoms with Crippen LogP contribution in [0.1, 0.15) is 0 Å². The number of rotatable bonds is 2. The lowest BCUT2D eigenvalue weighted by atomic mass is 10.2. The van der Waals surface area contributed by atoms with Gasteiger partial charge in [-0.1, -0.05) is 0 Å². The molecule has 2 aromatic heterocycles. The minimum absolute atomic E-state index is 0.192. The van der Waals surface area contributed by atoms with E-state index in [1.54, 1.807) is 18.3 Å². The Morgan fingerprint density at radius 3 is 2.93 bits per heavy atom. The average Bonchev–Trinajstić information content (AvgIpc) is 2.70. The third-order valence-corrected chi connectivity index (χ3v) is 2.48. The van der Waals surface area contributed by atoms with Crippen LogP contribution in [0.25, 0.3) is 11.3 Å². The van der Waals surface area contributed by atoms with Gasteiger partial charge in [0, 0.05) is 28.5 Å².